The number of nitrogens with zero attached hydrogens (tertiary/aromatic N) is 3. The van der Waals surface area contributed by atoms with E-state index in [0.29, 0.717) is 37.5 Å². The van der Waals surface area contributed by atoms with Crippen molar-refractivity contribution < 1.29 is 9.59 Å². The second kappa shape index (κ2) is 7.19. The maximum Gasteiger partial charge on any atom is 0.242 e. The van der Waals surface area contributed by atoms with E-state index in [2.05, 4.69) is 24.1 Å². The third-order valence-corrected chi connectivity index (χ3v) is 5.96. The Morgan fingerprint density at radius 2 is 2.21 bits per heavy atom. The van der Waals surface area contributed by atoms with Gasteiger partial charge in [0, 0.05) is 43.4 Å². The molecule has 1 aromatic rings. The van der Waals surface area contributed by atoms with Gasteiger partial charge in [0.25, 0.3) is 0 Å². The van der Waals surface area contributed by atoms with Crippen molar-refractivity contribution in [2.45, 2.75) is 57.7 Å². The molecular formula is C17H26N4O2S. The fourth-order valence-corrected chi connectivity index (χ4v) is 4.17. The average Bonchev–Trinajstić information content (AvgIpc) is 3.12. The van der Waals surface area contributed by atoms with Gasteiger partial charge < -0.3 is 15.1 Å². The van der Waals surface area contributed by atoms with Crippen LogP contribution in [-0.4, -0.2) is 58.8 Å². The lowest BCUT2D eigenvalue weighted by Gasteiger charge is -2.26. The van der Waals surface area contributed by atoms with Gasteiger partial charge in [0.15, 0.2) is 0 Å². The number of carbonyl (C=O) groups is 2. The molecule has 2 aliphatic rings. The molecule has 0 aromatic carbocycles. The second-order valence-electron chi connectivity index (χ2n) is 7.20. The number of rotatable bonds is 5. The Balaban J connectivity index is 1.56. The Labute approximate surface area is 147 Å². The van der Waals surface area contributed by atoms with E-state index >= 15 is 0 Å². The maximum absolute atomic E-state index is 12.5. The van der Waals surface area contributed by atoms with Crippen LogP contribution in [0.5, 0.6) is 0 Å². The quantitative estimate of drug-likeness (QED) is 0.876. The highest BCUT2D eigenvalue weighted by atomic mass is 32.1. The monoisotopic (exact) mass is 350 g/mol. The van der Waals surface area contributed by atoms with Gasteiger partial charge in [-0.1, -0.05) is 13.8 Å². The number of hydrogen-bond acceptors (Lipinski definition) is 5. The van der Waals surface area contributed by atoms with Gasteiger partial charge in [0.2, 0.25) is 11.8 Å². The average molecular weight is 350 g/mol. The summed E-state index contributed by atoms with van der Waals surface area (Å²) in [6, 6.07) is 0.636. The lowest BCUT2D eigenvalue weighted by atomic mass is 10.1. The van der Waals surface area contributed by atoms with E-state index in [0.717, 1.165) is 23.5 Å². The van der Waals surface area contributed by atoms with E-state index in [-0.39, 0.29) is 18.4 Å². The molecule has 0 unspecified atom stereocenters. The maximum atomic E-state index is 12.5. The van der Waals surface area contributed by atoms with Crippen LogP contribution >= 0.6 is 11.3 Å². The summed E-state index contributed by atoms with van der Waals surface area (Å²) < 4.78 is 0. The molecule has 24 heavy (non-hydrogen) atoms. The van der Waals surface area contributed by atoms with Crippen LogP contribution in [0, 0.1) is 0 Å². The van der Waals surface area contributed by atoms with Crippen molar-refractivity contribution in [3.05, 3.63) is 16.1 Å². The smallest absolute Gasteiger partial charge is 0.242 e. The minimum Gasteiger partial charge on any atom is -0.338 e. The minimum absolute atomic E-state index is 0.0276. The number of fused-ring (bicyclic) bond motifs is 2. The SMILES string of the molecule is CC(C)c1nc(CN(C)C(=O)CN2C[C@@H]3CC[C@H](CC2=O)N3)cs1. The van der Waals surface area contributed by atoms with Gasteiger partial charge in [-0.2, -0.15) is 0 Å². The van der Waals surface area contributed by atoms with Gasteiger partial charge in [-0.15, -0.1) is 11.3 Å². The van der Waals surface area contributed by atoms with Crippen molar-refractivity contribution in [2.24, 2.45) is 0 Å². The predicted molar refractivity (Wildman–Crippen MR) is 93.8 cm³/mol. The standard InChI is InChI=1S/C17H26N4O2S/c1-11(2)17-19-14(10-24-17)7-20(3)16(23)9-21-8-13-5-4-12(18-13)6-15(21)22/h10-13,18H,4-9H2,1-3H3/t12-,13+/m1/s1. The molecule has 6 nitrogen and oxygen atoms in total. The number of aromatic nitrogens is 1. The Bertz CT molecular complexity index is 615. The van der Waals surface area contributed by atoms with Crippen molar-refractivity contribution in [1.82, 2.24) is 20.1 Å². The molecule has 0 spiro atoms. The summed E-state index contributed by atoms with van der Waals surface area (Å²) in [7, 11) is 1.78. The summed E-state index contributed by atoms with van der Waals surface area (Å²) in [5, 5.41) is 6.58. The van der Waals surface area contributed by atoms with E-state index in [1.54, 1.807) is 28.2 Å². The zero-order valence-corrected chi connectivity index (χ0v) is 15.4. The van der Waals surface area contributed by atoms with Crippen LogP contribution in [0.3, 0.4) is 0 Å². The molecule has 1 aromatic heterocycles. The summed E-state index contributed by atoms with van der Waals surface area (Å²) in [5.74, 6) is 0.467. The molecule has 2 fully saturated rings. The molecule has 2 bridgehead atoms. The zero-order valence-electron chi connectivity index (χ0n) is 14.6. The van der Waals surface area contributed by atoms with E-state index in [1.165, 1.54) is 0 Å². The van der Waals surface area contributed by atoms with Crippen molar-refractivity contribution in [3.63, 3.8) is 0 Å². The third-order valence-electron chi connectivity index (χ3n) is 4.76. The first kappa shape index (κ1) is 17.4. The number of thiazole rings is 1. The van der Waals surface area contributed by atoms with Crippen LogP contribution in [0.4, 0.5) is 0 Å². The second-order valence-corrected chi connectivity index (χ2v) is 8.09. The van der Waals surface area contributed by atoms with Crippen molar-refractivity contribution in [3.8, 4) is 0 Å². The fraction of sp³-hybridized carbons (Fsp3) is 0.706. The lowest BCUT2D eigenvalue weighted by Crippen LogP contribution is -2.44. The Hall–Kier alpha value is -1.47. The molecule has 2 amide bonds. The molecule has 7 heteroatoms. The number of likely N-dealkylation sites (N-methyl/N-ethyl adjacent to an activating group) is 1. The highest BCUT2D eigenvalue weighted by Crippen LogP contribution is 2.22. The molecule has 3 rings (SSSR count). The fourth-order valence-electron chi connectivity index (χ4n) is 3.34. The topological polar surface area (TPSA) is 65.5 Å². The largest absolute Gasteiger partial charge is 0.338 e. The highest BCUT2D eigenvalue weighted by molar-refractivity contribution is 7.09. The molecule has 2 saturated heterocycles. The first-order chi connectivity index (χ1) is 11.4. The molecule has 0 radical (unpaired) electrons. The van der Waals surface area contributed by atoms with E-state index in [4.69, 9.17) is 0 Å². The molecule has 0 saturated carbocycles. The summed E-state index contributed by atoms with van der Waals surface area (Å²) in [6.45, 7) is 5.53. The van der Waals surface area contributed by atoms with Crippen LogP contribution in [-0.2, 0) is 16.1 Å². The Kier molecular flexibility index (Phi) is 5.20. The van der Waals surface area contributed by atoms with E-state index in [9.17, 15) is 9.59 Å². The van der Waals surface area contributed by atoms with Crippen LogP contribution in [0.1, 0.15) is 49.7 Å². The molecule has 2 aliphatic heterocycles. The van der Waals surface area contributed by atoms with E-state index in [1.807, 2.05) is 5.38 Å². The Morgan fingerprint density at radius 1 is 1.46 bits per heavy atom. The number of likely N-dealkylation sites (tertiary alicyclic amines) is 1. The van der Waals surface area contributed by atoms with Crippen LogP contribution < -0.4 is 5.32 Å². The van der Waals surface area contributed by atoms with Gasteiger partial charge in [0.1, 0.15) is 0 Å². The van der Waals surface area contributed by atoms with Gasteiger partial charge >= 0.3 is 0 Å². The summed E-state index contributed by atoms with van der Waals surface area (Å²) in [6.07, 6.45) is 2.67. The molecule has 2 atom stereocenters. The molecule has 0 aliphatic carbocycles. The van der Waals surface area contributed by atoms with Crippen molar-refractivity contribution in [2.75, 3.05) is 20.1 Å². The summed E-state index contributed by atoms with van der Waals surface area (Å²) >= 11 is 1.64. The zero-order chi connectivity index (χ0) is 17.3. The normalized spacial score (nSPS) is 23.7. The van der Waals surface area contributed by atoms with Gasteiger partial charge in [-0.05, 0) is 12.8 Å². The van der Waals surface area contributed by atoms with Crippen molar-refractivity contribution >= 4 is 23.2 Å². The molecular weight excluding hydrogens is 324 g/mol. The van der Waals surface area contributed by atoms with Crippen LogP contribution in [0.25, 0.3) is 0 Å². The first-order valence-electron chi connectivity index (χ1n) is 8.64. The number of carbonyl (C=O) groups excluding carboxylic acids is 2. The van der Waals surface area contributed by atoms with Gasteiger partial charge in [-0.3, -0.25) is 9.59 Å². The highest BCUT2D eigenvalue weighted by Gasteiger charge is 2.34. The predicted octanol–water partition coefficient (Wildman–Crippen LogP) is 1.58. The van der Waals surface area contributed by atoms with Crippen LogP contribution in [0.2, 0.25) is 0 Å². The van der Waals surface area contributed by atoms with Crippen LogP contribution in [0.15, 0.2) is 5.38 Å². The molecule has 3 heterocycles. The number of hydrogen-bond donors (Lipinski definition) is 1. The van der Waals surface area contributed by atoms with Crippen molar-refractivity contribution in [1.29, 1.82) is 0 Å². The summed E-state index contributed by atoms with van der Waals surface area (Å²) in [4.78, 5) is 32.8. The van der Waals surface area contributed by atoms with E-state index < -0.39 is 0 Å². The number of amides is 2. The molecule has 1 N–H and O–H groups in total. The third kappa shape index (κ3) is 3.95. The van der Waals surface area contributed by atoms with Gasteiger partial charge in [-0.25, -0.2) is 4.98 Å². The Morgan fingerprint density at radius 3 is 2.92 bits per heavy atom. The number of nitrogens with one attached hydrogen (secondary N) is 1. The minimum atomic E-state index is -0.0276. The van der Waals surface area contributed by atoms with Gasteiger partial charge in [0.05, 0.1) is 23.8 Å². The first-order valence-corrected chi connectivity index (χ1v) is 9.52. The summed E-state index contributed by atoms with van der Waals surface area (Å²) in [5.41, 5.74) is 0.919. The lowest BCUT2D eigenvalue weighted by molar-refractivity contribution is -0.140. The molecule has 132 valence electrons.